The van der Waals surface area contributed by atoms with Crippen molar-refractivity contribution in [2.75, 3.05) is 5.32 Å². The summed E-state index contributed by atoms with van der Waals surface area (Å²) < 4.78 is 0. The summed E-state index contributed by atoms with van der Waals surface area (Å²) in [5.41, 5.74) is 4.24. The van der Waals surface area contributed by atoms with Crippen molar-refractivity contribution in [3.05, 3.63) is 78.1 Å². The minimum atomic E-state index is 0.594. The number of anilines is 2. The van der Waals surface area contributed by atoms with E-state index in [-0.39, 0.29) is 0 Å². The third-order valence-electron chi connectivity index (χ3n) is 4.03. The fraction of sp³-hybridized carbons (Fsp3) is 0.0476. The fourth-order valence-electron chi connectivity index (χ4n) is 2.76. The Hall–Kier alpha value is -3.78. The maximum atomic E-state index is 9.11. The van der Waals surface area contributed by atoms with Gasteiger partial charge in [0.05, 0.1) is 17.1 Å². The van der Waals surface area contributed by atoms with Crippen molar-refractivity contribution in [3.8, 4) is 17.5 Å². The van der Waals surface area contributed by atoms with Crippen LogP contribution < -0.4 is 5.32 Å². The van der Waals surface area contributed by atoms with Crippen LogP contribution in [0, 0.1) is 18.3 Å². The van der Waals surface area contributed by atoms with Crippen LogP contribution in [0.1, 0.15) is 11.1 Å². The van der Waals surface area contributed by atoms with Gasteiger partial charge in [-0.05, 0) is 55.0 Å². The molecule has 2 aromatic carbocycles. The number of nitriles is 1. The van der Waals surface area contributed by atoms with Crippen LogP contribution in [0.5, 0.6) is 0 Å². The number of benzene rings is 2. The van der Waals surface area contributed by atoms with E-state index in [1.165, 1.54) is 0 Å². The number of fused-ring (bicyclic) bond motifs is 1. The molecule has 0 atom stereocenters. The first-order valence-corrected chi connectivity index (χ1v) is 8.19. The molecule has 2 heterocycles. The number of pyridine rings is 1. The molecule has 0 radical (unpaired) electrons. The summed E-state index contributed by atoms with van der Waals surface area (Å²) >= 11 is 0. The molecule has 4 rings (SSSR count). The second-order valence-corrected chi connectivity index (χ2v) is 5.98. The van der Waals surface area contributed by atoms with Crippen LogP contribution in [-0.2, 0) is 0 Å². The lowest BCUT2D eigenvalue weighted by Crippen LogP contribution is -2.00. The van der Waals surface area contributed by atoms with Crippen molar-refractivity contribution in [3.63, 3.8) is 0 Å². The molecule has 5 nitrogen and oxygen atoms in total. The number of rotatable bonds is 3. The average Bonchev–Trinajstić information content (AvgIpc) is 2.68. The van der Waals surface area contributed by atoms with Gasteiger partial charge in [-0.2, -0.15) is 5.26 Å². The van der Waals surface area contributed by atoms with Gasteiger partial charge in [-0.15, -0.1) is 0 Å². The summed E-state index contributed by atoms with van der Waals surface area (Å²) in [6.07, 6.45) is 3.47. The zero-order valence-electron chi connectivity index (χ0n) is 14.1. The predicted octanol–water partition coefficient (Wildman–Crippen LogP) is 4.62. The third-order valence-corrected chi connectivity index (χ3v) is 4.03. The third kappa shape index (κ3) is 3.08. The Labute approximate surface area is 151 Å². The van der Waals surface area contributed by atoms with Crippen LogP contribution in [0.15, 0.2) is 67.0 Å². The van der Waals surface area contributed by atoms with E-state index in [0.29, 0.717) is 17.2 Å². The quantitative estimate of drug-likeness (QED) is 0.590. The molecule has 0 aliphatic carbocycles. The van der Waals surface area contributed by atoms with Crippen molar-refractivity contribution in [2.24, 2.45) is 0 Å². The van der Waals surface area contributed by atoms with Gasteiger partial charge in [0.1, 0.15) is 5.82 Å². The molecule has 0 saturated heterocycles. The second-order valence-electron chi connectivity index (χ2n) is 5.98. The molecule has 0 aliphatic rings. The molecule has 0 saturated carbocycles. The minimum Gasteiger partial charge on any atom is -0.340 e. The van der Waals surface area contributed by atoms with E-state index in [9.17, 15) is 0 Å². The highest BCUT2D eigenvalue weighted by Gasteiger charge is 2.10. The summed E-state index contributed by atoms with van der Waals surface area (Å²) in [6.45, 7) is 2.04. The van der Waals surface area contributed by atoms with Crippen molar-refractivity contribution < 1.29 is 0 Å². The summed E-state index contributed by atoms with van der Waals surface area (Å²) in [6, 6.07) is 19.4. The largest absolute Gasteiger partial charge is 0.340 e. The molecule has 4 aromatic rings. The second kappa shape index (κ2) is 6.61. The van der Waals surface area contributed by atoms with E-state index in [2.05, 4.69) is 16.4 Å². The molecule has 5 heteroatoms. The lowest BCUT2D eigenvalue weighted by molar-refractivity contribution is 1.20. The maximum Gasteiger partial charge on any atom is 0.163 e. The Morgan fingerprint density at radius 3 is 2.73 bits per heavy atom. The van der Waals surface area contributed by atoms with E-state index in [1.807, 2.05) is 49.4 Å². The number of hydrogen-bond donors (Lipinski definition) is 1. The van der Waals surface area contributed by atoms with Crippen LogP contribution in [0.3, 0.4) is 0 Å². The SMILES string of the molecule is Cc1ccc2c(Nc3cccc(C#N)c3)nc(-c3cccnc3)nc2c1. The molecule has 0 bridgehead atoms. The lowest BCUT2D eigenvalue weighted by Gasteiger charge is -2.11. The summed E-state index contributed by atoms with van der Waals surface area (Å²) in [4.78, 5) is 13.6. The summed E-state index contributed by atoms with van der Waals surface area (Å²) in [5, 5.41) is 13.4. The Kier molecular flexibility index (Phi) is 4.00. The van der Waals surface area contributed by atoms with E-state index in [4.69, 9.17) is 15.2 Å². The summed E-state index contributed by atoms with van der Waals surface area (Å²) in [7, 11) is 0. The first-order chi connectivity index (χ1) is 12.7. The molecule has 0 fully saturated rings. The Balaban J connectivity index is 1.88. The van der Waals surface area contributed by atoms with Gasteiger partial charge in [0.25, 0.3) is 0 Å². The van der Waals surface area contributed by atoms with E-state index >= 15 is 0 Å². The molecular weight excluding hydrogens is 322 g/mol. The molecule has 0 aliphatic heterocycles. The van der Waals surface area contributed by atoms with E-state index in [1.54, 1.807) is 24.5 Å². The number of aromatic nitrogens is 3. The molecule has 2 aromatic heterocycles. The van der Waals surface area contributed by atoms with E-state index in [0.717, 1.165) is 27.7 Å². The molecule has 124 valence electrons. The molecule has 1 N–H and O–H groups in total. The highest BCUT2D eigenvalue weighted by atomic mass is 15.0. The van der Waals surface area contributed by atoms with Gasteiger partial charge >= 0.3 is 0 Å². The maximum absolute atomic E-state index is 9.11. The first-order valence-electron chi connectivity index (χ1n) is 8.19. The van der Waals surface area contributed by atoms with Crippen molar-refractivity contribution >= 4 is 22.4 Å². The highest BCUT2D eigenvalue weighted by Crippen LogP contribution is 2.28. The first kappa shape index (κ1) is 15.7. The number of hydrogen-bond acceptors (Lipinski definition) is 5. The highest BCUT2D eigenvalue weighted by molar-refractivity contribution is 5.92. The Morgan fingerprint density at radius 1 is 1.00 bits per heavy atom. The topological polar surface area (TPSA) is 74.5 Å². The predicted molar refractivity (Wildman–Crippen MR) is 102 cm³/mol. The van der Waals surface area contributed by atoms with Crippen LogP contribution in [-0.4, -0.2) is 15.0 Å². The van der Waals surface area contributed by atoms with E-state index < -0.39 is 0 Å². The minimum absolute atomic E-state index is 0.594. The molecule has 0 amide bonds. The number of nitrogens with zero attached hydrogens (tertiary/aromatic N) is 4. The summed E-state index contributed by atoms with van der Waals surface area (Å²) in [5.74, 6) is 1.30. The van der Waals surface area contributed by atoms with Crippen LogP contribution in [0.2, 0.25) is 0 Å². The van der Waals surface area contributed by atoms with Crippen LogP contribution >= 0.6 is 0 Å². The van der Waals surface area contributed by atoms with Gasteiger partial charge in [0.15, 0.2) is 5.82 Å². The lowest BCUT2D eigenvalue weighted by atomic mass is 10.1. The standard InChI is InChI=1S/C21H15N5/c1-14-7-8-18-19(10-14)25-20(16-5-3-9-23-13-16)26-21(18)24-17-6-2-4-15(11-17)12-22/h2-11,13H,1H3,(H,24,25,26). The van der Waals surface area contributed by atoms with Gasteiger partial charge in [-0.3, -0.25) is 4.98 Å². The Bertz CT molecular complexity index is 1130. The van der Waals surface area contributed by atoms with Crippen LogP contribution in [0.25, 0.3) is 22.3 Å². The normalized spacial score (nSPS) is 10.5. The zero-order valence-corrected chi connectivity index (χ0v) is 14.1. The molecular formula is C21H15N5. The van der Waals surface area contributed by atoms with Crippen molar-refractivity contribution in [2.45, 2.75) is 6.92 Å². The molecule has 26 heavy (non-hydrogen) atoms. The van der Waals surface area contributed by atoms with Crippen molar-refractivity contribution in [1.29, 1.82) is 5.26 Å². The van der Waals surface area contributed by atoms with Gasteiger partial charge in [0, 0.05) is 29.0 Å². The monoisotopic (exact) mass is 337 g/mol. The average molecular weight is 337 g/mol. The van der Waals surface area contributed by atoms with Gasteiger partial charge in [-0.25, -0.2) is 9.97 Å². The van der Waals surface area contributed by atoms with Gasteiger partial charge in [0.2, 0.25) is 0 Å². The van der Waals surface area contributed by atoms with Crippen molar-refractivity contribution in [1.82, 2.24) is 15.0 Å². The molecule has 0 spiro atoms. The smallest absolute Gasteiger partial charge is 0.163 e. The molecule has 0 unspecified atom stereocenters. The van der Waals surface area contributed by atoms with Gasteiger partial charge < -0.3 is 5.32 Å². The zero-order chi connectivity index (χ0) is 17.9. The van der Waals surface area contributed by atoms with Gasteiger partial charge in [-0.1, -0.05) is 12.1 Å². The number of aryl methyl sites for hydroxylation is 1. The Morgan fingerprint density at radius 2 is 1.92 bits per heavy atom. The fourth-order valence-corrected chi connectivity index (χ4v) is 2.76. The van der Waals surface area contributed by atoms with Crippen LogP contribution in [0.4, 0.5) is 11.5 Å². The number of nitrogens with one attached hydrogen (secondary N) is 1.